The highest BCUT2D eigenvalue weighted by atomic mass is 32.2. The maximum atomic E-state index is 13.1. The van der Waals surface area contributed by atoms with Crippen LogP contribution in [-0.4, -0.2) is 41.9 Å². The number of aromatic nitrogens is 2. The molecule has 2 aromatic rings. The molecule has 2 aliphatic heterocycles. The smallest absolute Gasteiger partial charge is 0.260 e. The lowest BCUT2D eigenvalue weighted by molar-refractivity contribution is 0.451. The first-order chi connectivity index (χ1) is 11.6. The van der Waals surface area contributed by atoms with E-state index < -0.39 is 10.0 Å². The standard InChI is InChI=1S/C17H22N4O2S/c18-9-14-11-20(12-15(14)13-5-2-1-3-6-13)24(22,23)17-10-19-16-7-4-8-21(16)17/h1-3,5-6,10,14-15H,4,7-9,11-12,18H2/t14-,15+/m1/s1. The molecule has 2 atom stereocenters. The molecule has 24 heavy (non-hydrogen) atoms. The van der Waals surface area contributed by atoms with E-state index in [9.17, 15) is 8.42 Å². The maximum Gasteiger partial charge on any atom is 0.260 e. The summed E-state index contributed by atoms with van der Waals surface area (Å²) in [7, 11) is -3.53. The van der Waals surface area contributed by atoms with Crippen LogP contribution < -0.4 is 5.73 Å². The first-order valence-electron chi connectivity index (χ1n) is 8.41. The van der Waals surface area contributed by atoms with Gasteiger partial charge in [0.1, 0.15) is 5.82 Å². The van der Waals surface area contributed by atoms with Crippen LogP contribution in [-0.2, 0) is 23.0 Å². The second-order valence-electron chi connectivity index (χ2n) is 6.60. The average Bonchev–Trinajstić information content (AvgIpc) is 3.30. The molecule has 1 saturated heterocycles. The first-order valence-corrected chi connectivity index (χ1v) is 9.85. The van der Waals surface area contributed by atoms with Gasteiger partial charge in [0.2, 0.25) is 0 Å². The van der Waals surface area contributed by atoms with E-state index in [1.54, 1.807) is 4.31 Å². The molecular weight excluding hydrogens is 324 g/mol. The Balaban J connectivity index is 1.65. The second-order valence-corrected chi connectivity index (χ2v) is 8.49. The van der Waals surface area contributed by atoms with E-state index in [0.717, 1.165) is 30.8 Å². The Morgan fingerprint density at radius 2 is 2.00 bits per heavy atom. The minimum Gasteiger partial charge on any atom is -0.330 e. The Morgan fingerprint density at radius 3 is 2.75 bits per heavy atom. The summed E-state index contributed by atoms with van der Waals surface area (Å²) in [6, 6.07) is 10.1. The van der Waals surface area contributed by atoms with Crippen LogP contribution in [0, 0.1) is 5.92 Å². The fourth-order valence-electron chi connectivity index (χ4n) is 3.91. The minimum atomic E-state index is -3.53. The summed E-state index contributed by atoms with van der Waals surface area (Å²) in [6.07, 6.45) is 3.33. The Hall–Kier alpha value is -1.70. The number of sulfonamides is 1. The van der Waals surface area contributed by atoms with Crippen molar-refractivity contribution in [3.8, 4) is 0 Å². The van der Waals surface area contributed by atoms with Gasteiger partial charge in [0.25, 0.3) is 10.0 Å². The number of rotatable bonds is 4. The van der Waals surface area contributed by atoms with Crippen LogP contribution in [0.3, 0.4) is 0 Å². The lowest BCUT2D eigenvalue weighted by Gasteiger charge is -2.17. The molecule has 2 N–H and O–H groups in total. The van der Waals surface area contributed by atoms with Gasteiger partial charge in [-0.15, -0.1) is 0 Å². The number of nitrogens with two attached hydrogens (primary N) is 1. The quantitative estimate of drug-likeness (QED) is 0.902. The molecule has 0 aliphatic carbocycles. The van der Waals surface area contributed by atoms with Gasteiger partial charge in [-0.05, 0) is 24.4 Å². The number of benzene rings is 1. The van der Waals surface area contributed by atoms with E-state index in [-0.39, 0.29) is 11.8 Å². The average molecular weight is 346 g/mol. The fourth-order valence-corrected chi connectivity index (χ4v) is 5.58. The summed E-state index contributed by atoms with van der Waals surface area (Å²) in [5.74, 6) is 1.16. The van der Waals surface area contributed by atoms with Gasteiger partial charge in [0.15, 0.2) is 5.03 Å². The van der Waals surface area contributed by atoms with Crippen molar-refractivity contribution >= 4 is 10.0 Å². The van der Waals surface area contributed by atoms with Crippen molar-refractivity contribution in [2.75, 3.05) is 19.6 Å². The zero-order chi connectivity index (χ0) is 16.7. The molecule has 1 fully saturated rings. The van der Waals surface area contributed by atoms with Crippen molar-refractivity contribution in [3.63, 3.8) is 0 Å². The molecular formula is C17H22N4O2S. The minimum absolute atomic E-state index is 0.142. The van der Waals surface area contributed by atoms with Crippen molar-refractivity contribution in [1.82, 2.24) is 13.9 Å². The number of fused-ring (bicyclic) bond motifs is 1. The molecule has 0 saturated carbocycles. The van der Waals surface area contributed by atoms with Gasteiger partial charge < -0.3 is 10.3 Å². The zero-order valence-electron chi connectivity index (χ0n) is 13.5. The van der Waals surface area contributed by atoms with Gasteiger partial charge in [0, 0.05) is 32.0 Å². The molecule has 1 aromatic heterocycles. The number of hydrogen-bond donors (Lipinski definition) is 1. The largest absolute Gasteiger partial charge is 0.330 e. The van der Waals surface area contributed by atoms with Gasteiger partial charge >= 0.3 is 0 Å². The first kappa shape index (κ1) is 15.8. The molecule has 6 nitrogen and oxygen atoms in total. The molecule has 0 radical (unpaired) electrons. The predicted molar refractivity (Wildman–Crippen MR) is 91.0 cm³/mol. The number of aryl methyl sites for hydroxylation is 1. The van der Waals surface area contributed by atoms with Gasteiger partial charge in [0.05, 0.1) is 6.20 Å². The highest BCUT2D eigenvalue weighted by Crippen LogP contribution is 2.35. The fraction of sp³-hybridized carbons (Fsp3) is 0.471. The monoisotopic (exact) mass is 346 g/mol. The Bertz CT molecular complexity index is 832. The summed E-state index contributed by atoms with van der Waals surface area (Å²) in [5.41, 5.74) is 7.09. The van der Waals surface area contributed by atoms with Crippen LogP contribution in [0.15, 0.2) is 41.6 Å². The van der Waals surface area contributed by atoms with Gasteiger partial charge in [-0.1, -0.05) is 30.3 Å². The zero-order valence-corrected chi connectivity index (χ0v) is 14.3. The molecule has 7 heteroatoms. The Labute approximate surface area is 142 Å². The van der Waals surface area contributed by atoms with E-state index in [0.29, 0.717) is 24.7 Å². The van der Waals surface area contributed by atoms with Crippen molar-refractivity contribution in [2.45, 2.75) is 30.3 Å². The third kappa shape index (κ3) is 2.47. The highest BCUT2D eigenvalue weighted by molar-refractivity contribution is 7.89. The van der Waals surface area contributed by atoms with Crippen molar-refractivity contribution in [2.24, 2.45) is 11.7 Å². The Kier molecular flexibility index (Phi) is 3.94. The van der Waals surface area contributed by atoms with Crippen LogP contribution in [0.25, 0.3) is 0 Å². The van der Waals surface area contributed by atoms with Crippen molar-refractivity contribution in [3.05, 3.63) is 47.9 Å². The summed E-state index contributed by atoms with van der Waals surface area (Å²) < 4.78 is 29.7. The molecule has 0 unspecified atom stereocenters. The van der Waals surface area contributed by atoms with Crippen molar-refractivity contribution < 1.29 is 8.42 Å². The summed E-state index contributed by atoms with van der Waals surface area (Å²) in [5, 5.41) is 0.333. The third-order valence-electron chi connectivity index (χ3n) is 5.23. The molecule has 1 aromatic carbocycles. The van der Waals surface area contributed by atoms with Crippen LogP contribution in [0.5, 0.6) is 0 Å². The van der Waals surface area contributed by atoms with Crippen LogP contribution in [0.1, 0.15) is 23.7 Å². The number of imidazole rings is 1. The maximum absolute atomic E-state index is 13.1. The second kappa shape index (κ2) is 5.98. The highest BCUT2D eigenvalue weighted by Gasteiger charge is 2.41. The molecule has 0 spiro atoms. The third-order valence-corrected chi connectivity index (χ3v) is 7.06. The lowest BCUT2D eigenvalue weighted by Crippen LogP contribution is -2.31. The number of hydrogen-bond acceptors (Lipinski definition) is 4. The molecule has 128 valence electrons. The summed E-state index contributed by atoms with van der Waals surface area (Å²) in [6.45, 7) is 2.17. The van der Waals surface area contributed by atoms with E-state index in [1.807, 2.05) is 22.8 Å². The van der Waals surface area contributed by atoms with Crippen molar-refractivity contribution in [1.29, 1.82) is 0 Å². The lowest BCUT2D eigenvalue weighted by atomic mass is 9.89. The molecule has 0 amide bonds. The SMILES string of the molecule is NC[C@@H]1CN(S(=O)(=O)c2cnc3n2CCC3)C[C@H]1c1ccccc1. The molecule has 2 aliphatic rings. The van der Waals surface area contributed by atoms with Gasteiger partial charge in [-0.3, -0.25) is 0 Å². The molecule has 3 heterocycles. The molecule has 4 rings (SSSR count). The summed E-state index contributed by atoms with van der Waals surface area (Å²) >= 11 is 0. The topological polar surface area (TPSA) is 81.2 Å². The van der Waals surface area contributed by atoms with Gasteiger partial charge in [-0.2, -0.15) is 4.31 Å². The molecule has 0 bridgehead atoms. The van der Waals surface area contributed by atoms with E-state index in [2.05, 4.69) is 17.1 Å². The number of nitrogens with zero attached hydrogens (tertiary/aromatic N) is 3. The van der Waals surface area contributed by atoms with Gasteiger partial charge in [-0.25, -0.2) is 13.4 Å². The van der Waals surface area contributed by atoms with Crippen LogP contribution >= 0.6 is 0 Å². The Morgan fingerprint density at radius 1 is 1.21 bits per heavy atom. The predicted octanol–water partition coefficient (Wildman–Crippen LogP) is 1.19. The van der Waals surface area contributed by atoms with E-state index in [1.165, 1.54) is 6.20 Å². The van der Waals surface area contributed by atoms with Crippen LogP contribution in [0.2, 0.25) is 0 Å². The summed E-state index contributed by atoms with van der Waals surface area (Å²) in [4.78, 5) is 4.28. The van der Waals surface area contributed by atoms with Crippen LogP contribution in [0.4, 0.5) is 0 Å². The van der Waals surface area contributed by atoms with E-state index >= 15 is 0 Å². The van der Waals surface area contributed by atoms with E-state index in [4.69, 9.17) is 5.73 Å². The normalized spacial score (nSPS) is 24.4.